The van der Waals surface area contributed by atoms with Gasteiger partial charge in [0.2, 0.25) is 10.9 Å². The van der Waals surface area contributed by atoms with E-state index in [0.29, 0.717) is 11.7 Å². The fraction of sp³-hybridized carbons (Fsp3) is 0.471. The fourth-order valence-corrected chi connectivity index (χ4v) is 5.08. The predicted molar refractivity (Wildman–Crippen MR) is 98.7 cm³/mol. The van der Waals surface area contributed by atoms with Gasteiger partial charge in [-0.3, -0.25) is 9.20 Å². The van der Waals surface area contributed by atoms with Crippen LogP contribution in [0.1, 0.15) is 32.1 Å². The molecule has 1 aromatic carbocycles. The van der Waals surface area contributed by atoms with Gasteiger partial charge in [-0.25, -0.2) is 0 Å². The van der Waals surface area contributed by atoms with Crippen LogP contribution in [0, 0.1) is 5.92 Å². The van der Waals surface area contributed by atoms with E-state index < -0.39 is 0 Å². The number of thioether (sulfide) groups is 1. The summed E-state index contributed by atoms with van der Waals surface area (Å²) in [5.41, 5.74) is 1.10. The molecule has 2 aromatic heterocycles. The van der Waals surface area contributed by atoms with Crippen molar-refractivity contribution in [1.82, 2.24) is 19.9 Å². The number of carbonyl (C=O) groups excluding carboxylic acids is 1. The zero-order valence-corrected chi connectivity index (χ0v) is 15.0. The minimum absolute atomic E-state index is 0.0851. The number of amides is 1. The maximum absolute atomic E-state index is 12.1. The third-order valence-corrected chi connectivity index (χ3v) is 6.50. The number of aromatic nitrogens is 3. The summed E-state index contributed by atoms with van der Waals surface area (Å²) < 4.78 is 3.23. The second-order valence-electron chi connectivity index (χ2n) is 6.27. The van der Waals surface area contributed by atoms with Gasteiger partial charge in [-0.15, -0.1) is 10.2 Å². The van der Waals surface area contributed by atoms with Crippen LogP contribution in [0.2, 0.25) is 0 Å². The summed E-state index contributed by atoms with van der Waals surface area (Å²) in [6, 6.07) is 8.19. The average molecular weight is 361 g/mol. The van der Waals surface area contributed by atoms with Crippen molar-refractivity contribution >= 4 is 44.2 Å². The van der Waals surface area contributed by atoms with Gasteiger partial charge in [-0.05, 0) is 30.9 Å². The molecule has 0 radical (unpaired) electrons. The molecule has 0 unspecified atom stereocenters. The van der Waals surface area contributed by atoms with Crippen LogP contribution in [-0.2, 0) is 4.79 Å². The molecule has 0 aliphatic heterocycles. The quantitative estimate of drug-likeness (QED) is 0.704. The Morgan fingerprint density at radius 2 is 2.08 bits per heavy atom. The van der Waals surface area contributed by atoms with E-state index >= 15 is 0 Å². The highest BCUT2D eigenvalue weighted by molar-refractivity contribution is 7.99. The number of fused-ring (bicyclic) bond motifs is 3. The van der Waals surface area contributed by atoms with Crippen LogP contribution >= 0.6 is 23.1 Å². The Hall–Kier alpha value is -1.60. The first-order chi connectivity index (χ1) is 11.8. The SMILES string of the molecule is O=C(CSc1nnc2sc3ccccc3n12)NCC1CCCCC1. The molecule has 0 saturated heterocycles. The molecule has 1 amide bonds. The monoisotopic (exact) mass is 360 g/mol. The summed E-state index contributed by atoms with van der Waals surface area (Å²) in [5, 5.41) is 12.3. The van der Waals surface area contributed by atoms with Crippen LogP contribution < -0.4 is 5.32 Å². The minimum Gasteiger partial charge on any atom is -0.355 e. The molecule has 3 aromatic rings. The highest BCUT2D eigenvalue weighted by Gasteiger charge is 2.16. The van der Waals surface area contributed by atoms with E-state index in [1.807, 2.05) is 16.5 Å². The number of hydrogen-bond acceptors (Lipinski definition) is 5. The van der Waals surface area contributed by atoms with E-state index in [1.165, 1.54) is 48.6 Å². The molecule has 1 aliphatic rings. The van der Waals surface area contributed by atoms with Crippen molar-refractivity contribution in [3.05, 3.63) is 24.3 Å². The molecule has 2 heterocycles. The van der Waals surface area contributed by atoms with Gasteiger partial charge in [0.25, 0.3) is 0 Å². The van der Waals surface area contributed by atoms with Crippen molar-refractivity contribution in [3.8, 4) is 0 Å². The maximum atomic E-state index is 12.1. The van der Waals surface area contributed by atoms with E-state index in [1.54, 1.807) is 11.3 Å². The fourth-order valence-electron chi connectivity index (χ4n) is 3.28. The molecule has 24 heavy (non-hydrogen) atoms. The molecule has 0 atom stereocenters. The molecular weight excluding hydrogens is 340 g/mol. The van der Waals surface area contributed by atoms with Gasteiger partial charge in [0, 0.05) is 6.54 Å². The molecule has 0 spiro atoms. The standard InChI is InChI=1S/C17H20N4OS2/c22-15(18-10-12-6-2-1-3-7-12)11-23-16-19-20-17-21(16)13-8-4-5-9-14(13)24-17/h4-5,8-9,12H,1-3,6-7,10-11H2,(H,18,22). The van der Waals surface area contributed by atoms with Crippen LogP contribution in [0.15, 0.2) is 29.4 Å². The number of benzene rings is 1. The van der Waals surface area contributed by atoms with E-state index in [4.69, 9.17) is 0 Å². The van der Waals surface area contributed by atoms with Crippen molar-refractivity contribution in [3.63, 3.8) is 0 Å². The lowest BCUT2D eigenvalue weighted by atomic mass is 9.89. The normalized spacial score (nSPS) is 16.0. The summed E-state index contributed by atoms with van der Waals surface area (Å²) >= 11 is 3.08. The van der Waals surface area contributed by atoms with Crippen molar-refractivity contribution in [1.29, 1.82) is 0 Å². The van der Waals surface area contributed by atoms with Gasteiger partial charge in [-0.2, -0.15) is 0 Å². The van der Waals surface area contributed by atoms with Crippen molar-refractivity contribution in [2.75, 3.05) is 12.3 Å². The van der Waals surface area contributed by atoms with Gasteiger partial charge in [0.05, 0.1) is 16.0 Å². The third kappa shape index (κ3) is 3.28. The number of nitrogens with one attached hydrogen (secondary N) is 1. The zero-order chi connectivity index (χ0) is 16.4. The summed E-state index contributed by atoms with van der Waals surface area (Å²) in [6.07, 6.45) is 6.45. The summed E-state index contributed by atoms with van der Waals surface area (Å²) in [7, 11) is 0. The Balaban J connectivity index is 1.38. The Morgan fingerprint density at radius 1 is 1.25 bits per heavy atom. The number of rotatable bonds is 5. The van der Waals surface area contributed by atoms with Crippen molar-refractivity contribution in [2.45, 2.75) is 37.3 Å². The molecule has 1 fully saturated rings. The molecule has 1 aliphatic carbocycles. The average Bonchev–Trinajstić information content (AvgIpc) is 3.18. The van der Waals surface area contributed by atoms with Crippen LogP contribution in [0.3, 0.4) is 0 Å². The summed E-state index contributed by atoms with van der Waals surface area (Å²) in [6.45, 7) is 0.815. The van der Waals surface area contributed by atoms with Crippen LogP contribution in [-0.4, -0.2) is 32.8 Å². The van der Waals surface area contributed by atoms with Gasteiger partial charge in [0.1, 0.15) is 0 Å². The Kier molecular flexibility index (Phi) is 4.71. The summed E-state index contributed by atoms with van der Waals surface area (Å²) in [4.78, 5) is 13.0. The van der Waals surface area contributed by atoms with Crippen LogP contribution in [0.25, 0.3) is 15.2 Å². The van der Waals surface area contributed by atoms with Gasteiger partial charge in [0.15, 0.2) is 5.16 Å². The van der Waals surface area contributed by atoms with Gasteiger partial charge in [-0.1, -0.05) is 54.5 Å². The maximum Gasteiger partial charge on any atom is 0.230 e. The summed E-state index contributed by atoms with van der Waals surface area (Å²) in [5.74, 6) is 1.13. The van der Waals surface area contributed by atoms with E-state index in [9.17, 15) is 4.79 Å². The number of carbonyl (C=O) groups is 1. The lowest BCUT2D eigenvalue weighted by molar-refractivity contribution is -0.118. The van der Waals surface area contributed by atoms with Gasteiger partial charge < -0.3 is 5.32 Å². The second kappa shape index (κ2) is 7.11. The third-order valence-electron chi connectivity index (χ3n) is 4.56. The largest absolute Gasteiger partial charge is 0.355 e. The molecule has 1 saturated carbocycles. The lowest BCUT2D eigenvalue weighted by Crippen LogP contribution is -2.31. The number of nitrogens with zero attached hydrogens (tertiary/aromatic N) is 3. The Morgan fingerprint density at radius 3 is 2.96 bits per heavy atom. The molecule has 1 N–H and O–H groups in total. The first kappa shape index (κ1) is 15.9. The van der Waals surface area contributed by atoms with Crippen LogP contribution in [0.5, 0.6) is 0 Å². The molecule has 4 rings (SSSR count). The minimum atomic E-state index is 0.0851. The molecule has 7 heteroatoms. The second-order valence-corrected chi connectivity index (χ2v) is 8.22. The number of para-hydroxylation sites is 1. The van der Waals surface area contributed by atoms with Gasteiger partial charge >= 0.3 is 0 Å². The molecule has 5 nitrogen and oxygen atoms in total. The van der Waals surface area contributed by atoms with Crippen molar-refractivity contribution in [2.24, 2.45) is 5.92 Å². The molecule has 126 valence electrons. The first-order valence-electron chi connectivity index (χ1n) is 8.43. The highest BCUT2D eigenvalue weighted by atomic mass is 32.2. The number of hydrogen-bond donors (Lipinski definition) is 1. The van der Waals surface area contributed by atoms with E-state index in [0.717, 1.165) is 22.2 Å². The molecular formula is C17H20N4OS2. The Labute approximate surface area is 148 Å². The first-order valence-corrected chi connectivity index (χ1v) is 10.2. The topological polar surface area (TPSA) is 59.3 Å². The van der Waals surface area contributed by atoms with Crippen LogP contribution in [0.4, 0.5) is 0 Å². The predicted octanol–water partition coefficient (Wildman–Crippen LogP) is 3.73. The highest BCUT2D eigenvalue weighted by Crippen LogP contribution is 2.29. The van der Waals surface area contributed by atoms with E-state index in [2.05, 4.69) is 27.6 Å². The number of thiazole rings is 1. The van der Waals surface area contributed by atoms with E-state index in [-0.39, 0.29) is 5.91 Å². The Bertz CT molecular complexity index is 851. The molecule has 0 bridgehead atoms. The lowest BCUT2D eigenvalue weighted by Gasteiger charge is -2.21. The smallest absolute Gasteiger partial charge is 0.230 e. The van der Waals surface area contributed by atoms with Crippen molar-refractivity contribution < 1.29 is 4.79 Å². The zero-order valence-electron chi connectivity index (χ0n) is 13.4.